The van der Waals surface area contributed by atoms with Crippen molar-refractivity contribution in [2.24, 2.45) is 0 Å². The third-order valence-electron chi connectivity index (χ3n) is 2.59. The van der Waals surface area contributed by atoms with Crippen molar-refractivity contribution in [3.8, 4) is 23.7 Å². The van der Waals surface area contributed by atoms with E-state index in [-0.39, 0.29) is 0 Å². The van der Waals surface area contributed by atoms with Crippen LogP contribution in [0.15, 0.2) is 41.6 Å². The molecule has 2 heterocycles. The molecule has 92 valence electrons. The van der Waals surface area contributed by atoms with Crippen molar-refractivity contribution in [2.45, 2.75) is 4.90 Å². The van der Waals surface area contributed by atoms with Gasteiger partial charge in [-0.1, -0.05) is 24.1 Å². The van der Waals surface area contributed by atoms with E-state index < -0.39 is 0 Å². The zero-order valence-corrected chi connectivity index (χ0v) is 10.8. The largest absolute Gasteiger partial charge is 0.321 e. The monoisotopic (exact) mass is 266 g/mol. The van der Waals surface area contributed by atoms with Crippen LogP contribution in [0, 0.1) is 12.3 Å². The topological polar surface area (TPSA) is 54.5 Å². The van der Waals surface area contributed by atoms with Gasteiger partial charge in [-0.05, 0) is 6.07 Å². The molecule has 0 spiro atoms. The summed E-state index contributed by atoms with van der Waals surface area (Å²) in [5.74, 6) is 4.03. The smallest absolute Gasteiger partial charge is 0.197 e. The van der Waals surface area contributed by atoms with Crippen LogP contribution in [0.25, 0.3) is 22.7 Å². The molecule has 0 bridgehead atoms. The minimum Gasteiger partial charge on any atom is -0.321 e. The van der Waals surface area contributed by atoms with Crippen LogP contribution in [0.5, 0.6) is 0 Å². The molecule has 0 aliphatic carbocycles. The molecule has 0 unspecified atom stereocenters. The standard InChI is InChI=1S/C14H10N4S/c1-2-9-19-11-6-4-3-5-10(11)12-17-13-14(18-12)16-8-7-15-13/h1,3-8H,9H2,(H,15,16,17,18). The molecule has 4 nitrogen and oxygen atoms in total. The Morgan fingerprint density at radius 3 is 2.89 bits per heavy atom. The molecule has 2 aromatic heterocycles. The third-order valence-corrected chi connectivity index (χ3v) is 3.56. The summed E-state index contributed by atoms with van der Waals surface area (Å²) in [6.45, 7) is 0. The van der Waals surface area contributed by atoms with Crippen LogP contribution in [0.2, 0.25) is 0 Å². The zero-order chi connectivity index (χ0) is 13.1. The number of terminal acetylenes is 1. The fourth-order valence-corrected chi connectivity index (χ4v) is 2.52. The molecule has 0 radical (unpaired) electrons. The number of hydrogen-bond donors (Lipinski definition) is 1. The molecule has 0 saturated heterocycles. The number of nitrogens with one attached hydrogen (secondary N) is 1. The highest BCUT2D eigenvalue weighted by molar-refractivity contribution is 7.99. The maximum atomic E-state index is 5.31. The SMILES string of the molecule is C#CCSc1ccccc1-c1nc2nccnc2[nH]1. The van der Waals surface area contributed by atoms with E-state index in [2.05, 4.69) is 25.9 Å². The van der Waals surface area contributed by atoms with E-state index in [1.807, 2.05) is 24.3 Å². The molecule has 0 aliphatic rings. The van der Waals surface area contributed by atoms with Crippen molar-refractivity contribution in [3.63, 3.8) is 0 Å². The molecule has 1 aromatic carbocycles. The van der Waals surface area contributed by atoms with Gasteiger partial charge in [-0.3, -0.25) is 0 Å². The number of aromatic amines is 1. The Balaban J connectivity index is 2.08. The Hall–Kier alpha value is -2.32. The third kappa shape index (κ3) is 2.30. The van der Waals surface area contributed by atoms with Gasteiger partial charge < -0.3 is 4.98 Å². The Morgan fingerprint density at radius 1 is 1.21 bits per heavy atom. The van der Waals surface area contributed by atoms with Gasteiger partial charge in [0.25, 0.3) is 0 Å². The molecule has 5 heteroatoms. The Kier molecular flexibility index (Phi) is 3.17. The first-order chi connectivity index (χ1) is 9.38. The van der Waals surface area contributed by atoms with Gasteiger partial charge in [0.2, 0.25) is 0 Å². The summed E-state index contributed by atoms with van der Waals surface area (Å²) in [6, 6.07) is 8.01. The van der Waals surface area contributed by atoms with Crippen LogP contribution >= 0.6 is 11.8 Å². The van der Waals surface area contributed by atoms with Crippen molar-refractivity contribution in [3.05, 3.63) is 36.7 Å². The van der Waals surface area contributed by atoms with E-state index >= 15 is 0 Å². The maximum Gasteiger partial charge on any atom is 0.197 e. The predicted octanol–water partition coefficient (Wildman–Crippen LogP) is 2.75. The van der Waals surface area contributed by atoms with E-state index in [0.717, 1.165) is 16.3 Å². The molecule has 0 saturated carbocycles. The van der Waals surface area contributed by atoms with Crippen LogP contribution in [-0.4, -0.2) is 25.7 Å². The molecule has 0 fully saturated rings. The van der Waals surface area contributed by atoms with E-state index in [1.54, 1.807) is 24.2 Å². The number of rotatable bonds is 3. The normalized spacial score (nSPS) is 10.5. The number of thioether (sulfide) groups is 1. The zero-order valence-electron chi connectivity index (χ0n) is 10.00. The molecule has 0 atom stereocenters. The first-order valence-electron chi connectivity index (χ1n) is 5.71. The van der Waals surface area contributed by atoms with Gasteiger partial charge in [0, 0.05) is 22.9 Å². The molecule has 1 N–H and O–H groups in total. The van der Waals surface area contributed by atoms with Gasteiger partial charge in [0.1, 0.15) is 5.82 Å². The van der Waals surface area contributed by atoms with Crippen LogP contribution in [0.4, 0.5) is 0 Å². The first kappa shape index (κ1) is 11.8. The molecule has 0 amide bonds. The van der Waals surface area contributed by atoms with E-state index in [4.69, 9.17) is 6.42 Å². The van der Waals surface area contributed by atoms with Crippen molar-refractivity contribution in [2.75, 3.05) is 5.75 Å². The number of nitrogens with zero attached hydrogens (tertiary/aromatic N) is 3. The lowest BCUT2D eigenvalue weighted by molar-refractivity contribution is 1.26. The van der Waals surface area contributed by atoms with Crippen LogP contribution in [-0.2, 0) is 0 Å². The minimum absolute atomic E-state index is 0.620. The van der Waals surface area contributed by atoms with Crippen molar-refractivity contribution in [1.82, 2.24) is 19.9 Å². The summed E-state index contributed by atoms with van der Waals surface area (Å²) in [5.41, 5.74) is 2.33. The molecular weight excluding hydrogens is 256 g/mol. The number of imidazole rings is 1. The molecular formula is C14H10N4S. The summed E-state index contributed by atoms with van der Waals surface area (Å²) in [4.78, 5) is 17.1. The van der Waals surface area contributed by atoms with Crippen molar-refractivity contribution >= 4 is 23.1 Å². The van der Waals surface area contributed by atoms with Gasteiger partial charge in [-0.2, -0.15) is 0 Å². The lowest BCUT2D eigenvalue weighted by Crippen LogP contribution is -1.85. The van der Waals surface area contributed by atoms with Crippen LogP contribution < -0.4 is 0 Å². The Bertz CT molecular complexity index is 724. The summed E-state index contributed by atoms with van der Waals surface area (Å²) < 4.78 is 0. The highest BCUT2D eigenvalue weighted by atomic mass is 32.2. The fraction of sp³-hybridized carbons (Fsp3) is 0.0714. The quantitative estimate of drug-likeness (QED) is 0.585. The van der Waals surface area contributed by atoms with Crippen LogP contribution in [0.1, 0.15) is 0 Å². The first-order valence-corrected chi connectivity index (χ1v) is 6.69. The maximum absolute atomic E-state index is 5.31. The Morgan fingerprint density at radius 2 is 2.05 bits per heavy atom. The average Bonchev–Trinajstić information content (AvgIpc) is 2.89. The van der Waals surface area contributed by atoms with E-state index in [1.165, 1.54) is 0 Å². The minimum atomic E-state index is 0.620. The summed E-state index contributed by atoms with van der Waals surface area (Å²) >= 11 is 1.61. The van der Waals surface area contributed by atoms with Crippen molar-refractivity contribution < 1.29 is 0 Å². The van der Waals surface area contributed by atoms with Gasteiger partial charge in [0.05, 0.1) is 5.75 Å². The number of aromatic nitrogens is 4. The molecule has 3 rings (SSSR count). The summed E-state index contributed by atoms with van der Waals surface area (Å²) in [5, 5.41) is 0. The number of hydrogen-bond acceptors (Lipinski definition) is 4. The lowest BCUT2D eigenvalue weighted by Gasteiger charge is -2.04. The predicted molar refractivity (Wildman–Crippen MR) is 76.7 cm³/mol. The van der Waals surface area contributed by atoms with Gasteiger partial charge in [0.15, 0.2) is 11.3 Å². The average molecular weight is 266 g/mol. The highest BCUT2D eigenvalue weighted by Gasteiger charge is 2.10. The summed E-state index contributed by atoms with van der Waals surface area (Å²) in [6.07, 6.45) is 8.59. The van der Waals surface area contributed by atoms with Gasteiger partial charge in [-0.25, -0.2) is 15.0 Å². The molecule has 0 aliphatic heterocycles. The second kappa shape index (κ2) is 5.12. The van der Waals surface area contributed by atoms with E-state index in [9.17, 15) is 0 Å². The van der Waals surface area contributed by atoms with Crippen molar-refractivity contribution in [1.29, 1.82) is 0 Å². The molecule has 19 heavy (non-hydrogen) atoms. The number of H-pyrrole nitrogens is 1. The molecule has 3 aromatic rings. The van der Waals surface area contributed by atoms with Gasteiger partial charge in [-0.15, -0.1) is 18.2 Å². The van der Waals surface area contributed by atoms with Gasteiger partial charge >= 0.3 is 0 Å². The highest BCUT2D eigenvalue weighted by Crippen LogP contribution is 2.29. The number of benzene rings is 1. The second-order valence-corrected chi connectivity index (χ2v) is 4.82. The fourth-order valence-electron chi connectivity index (χ4n) is 1.78. The summed E-state index contributed by atoms with van der Waals surface area (Å²) in [7, 11) is 0. The number of fused-ring (bicyclic) bond motifs is 1. The Labute approximate surface area is 114 Å². The van der Waals surface area contributed by atoms with E-state index in [0.29, 0.717) is 17.0 Å². The second-order valence-electron chi connectivity index (χ2n) is 3.80. The lowest BCUT2D eigenvalue weighted by atomic mass is 10.2. The van der Waals surface area contributed by atoms with Crippen LogP contribution in [0.3, 0.4) is 0 Å².